The number of rotatable bonds is 3. The van der Waals surface area contributed by atoms with Gasteiger partial charge in [0.25, 0.3) is 5.56 Å². The van der Waals surface area contributed by atoms with E-state index in [2.05, 4.69) is 16.0 Å². The van der Waals surface area contributed by atoms with E-state index in [1.165, 1.54) is 6.20 Å². The van der Waals surface area contributed by atoms with E-state index in [1.807, 2.05) is 43.5 Å². The summed E-state index contributed by atoms with van der Waals surface area (Å²) < 4.78 is 8.67. The molecule has 3 heterocycles. The van der Waals surface area contributed by atoms with Gasteiger partial charge in [-0.2, -0.15) is 0 Å². The summed E-state index contributed by atoms with van der Waals surface area (Å²) in [5.74, 6) is 1.32. The second-order valence-corrected chi connectivity index (χ2v) is 7.04. The lowest BCUT2D eigenvalue weighted by Crippen LogP contribution is -2.19. The molecule has 0 amide bonds. The minimum absolute atomic E-state index is 0.126. The minimum Gasteiger partial charge on any atom is -0.438 e. The Balaban J connectivity index is 1.75. The fourth-order valence-electron chi connectivity index (χ4n) is 3.05. The van der Waals surface area contributed by atoms with E-state index >= 15 is 0 Å². The van der Waals surface area contributed by atoms with Crippen molar-refractivity contribution in [3.05, 3.63) is 69.7 Å². The van der Waals surface area contributed by atoms with Crippen LogP contribution in [0, 0.1) is 13.8 Å². The van der Waals surface area contributed by atoms with Crippen molar-refractivity contribution in [2.45, 2.75) is 13.8 Å². The van der Waals surface area contributed by atoms with E-state index in [-0.39, 0.29) is 5.56 Å². The Morgan fingerprint density at radius 1 is 1.12 bits per heavy atom. The molecule has 0 saturated carbocycles. The Hall–Kier alpha value is -2.99. The number of hydrogen-bond acceptors (Lipinski definition) is 5. The molecule has 0 atom stereocenters. The molecule has 0 radical (unpaired) electrons. The molecule has 6 heteroatoms. The first-order chi connectivity index (χ1) is 12.5. The second-order valence-electron chi connectivity index (χ2n) is 6.12. The van der Waals surface area contributed by atoms with Crippen molar-refractivity contribution < 1.29 is 4.74 Å². The van der Waals surface area contributed by atoms with E-state index in [1.54, 1.807) is 29.1 Å². The third-order valence-corrected chi connectivity index (χ3v) is 5.30. The molecule has 5 nitrogen and oxygen atoms in total. The zero-order valence-electron chi connectivity index (χ0n) is 14.7. The van der Waals surface area contributed by atoms with Crippen LogP contribution in [0.2, 0.25) is 0 Å². The highest BCUT2D eigenvalue weighted by Crippen LogP contribution is 2.33. The van der Waals surface area contributed by atoms with Crippen molar-refractivity contribution in [1.29, 1.82) is 0 Å². The lowest BCUT2D eigenvalue weighted by atomic mass is 10.0. The van der Waals surface area contributed by atoms with Crippen molar-refractivity contribution in [3.63, 3.8) is 0 Å². The maximum absolute atomic E-state index is 12.0. The SMILES string of the molecule is Cc1cc(Oc2nccc3ccsc23)ccc1-c1c(C)ncc(=O)n1C. The predicted octanol–water partition coefficient (Wildman–Crippen LogP) is 4.47. The summed E-state index contributed by atoms with van der Waals surface area (Å²) >= 11 is 1.61. The van der Waals surface area contributed by atoms with Gasteiger partial charge < -0.3 is 9.30 Å². The van der Waals surface area contributed by atoms with E-state index in [4.69, 9.17) is 4.74 Å². The molecule has 4 aromatic rings. The molecule has 0 aliphatic heterocycles. The van der Waals surface area contributed by atoms with Crippen LogP contribution in [-0.4, -0.2) is 14.5 Å². The highest BCUT2D eigenvalue weighted by atomic mass is 32.1. The zero-order valence-corrected chi connectivity index (χ0v) is 15.5. The first-order valence-corrected chi connectivity index (χ1v) is 9.06. The van der Waals surface area contributed by atoms with Crippen LogP contribution in [0.1, 0.15) is 11.3 Å². The van der Waals surface area contributed by atoms with Crippen LogP contribution in [0.15, 0.2) is 52.9 Å². The molecule has 1 aromatic carbocycles. The first kappa shape index (κ1) is 16.5. The number of hydrogen-bond donors (Lipinski definition) is 0. The fraction of sp³-hybridized carbons (Fsp3) is 0.150. The molecular formula is C20H17N3O2S. The van der Waals surface area contributed by atoms with E-state index in [0.29, 0.717) is 11.6 Å². The average molecular weight is 363 g/mol. The number of aromatic nitrogens is 3. The first-order valence-electron chi connectivity index (χ1n) is 8.18. The van der Waals surface area contributed by atoms with Crippen LogP contribution in [-0.2, 0) is 7.05 Å². The molecule has 130 valence electrons. The molecule has 0 fully saturated rings. The molecule has 4 rings (SSSR count). The Labute approximate surface area is 154 Å². The monoisotopic (exact) mass is 363 g/mol. The number of fused-ring (bicyclic) bond motifs is 1. The molecule has 3 aromatic heterocycles. The maximum Gasteiger partial charge on any atom is 0.269 e. The summed E-state index contributed by atoms with van der Waals surface area (Å²) in [5.41, 5.74) is 3.48. The third-order valence-electron chi connectivity index (χ3n) is 4.38. The number of pyridine rings is 1. The van der Waals surface area contributed by atoms with Gasteiger partial charge in [-0.25, -0.2) is 4.98 Å². The summed E-state index contributed by atoms with van der Waals surface area (Å²) in [6, 6.07) is 9.84. The van der Waals surface area contributed by atoms with Crippen LogP contribution < -0.4 is 10.3 Å². The number of benzene rings is 1. The van der Waals surface area contributed by atoms with Crippen molar-refractivity contribution in [2.75, 3.05) is 0 Å². The molecule has 0 N–H and O–H groups in total. The van der Waals surface area contributed by atoms with E-state index < -0.39 is 0 Å². The van der Waals surface area contributed by atoms with Crippen molar-refractivity contribution in [1.82, 2.24) is 14.5 Å². The van der Waals surface area contributed by atoms with Gasteiger partial charge in [-0.15, -0.1) is 11.3 Å². The van der Waals surface area contributed by atoms with E-state index in [9.17, 15) is 4.79 Å². The molecular weight excluding hydrogens is 346 g/mol. The van der Waals surface area contributed by atoms with Gasteiger partial charge in [-0.05, 0) is 60.5 Å². The quantitative estimate of drug-likeness (QED) is 0.539. The van der Waals surface area contributed by atoms with Crippen LogP contribution in [0.5, 0.6) is 11.6 Å². The molecule has 26 heavy (non-hydrogen) atoms. The summed E-state index contributed by atoms with van der Waals surface area (Å²) in [4.78, 5) is 20.5. The molecule has 0 aliphatic carbocycles. The van der Waals surface area contributed by atoms with Gasteiger partial charge in [-0.3, -0.25) is 9.78 Å². The number of thiophene rings is 1. The van der Waals surface area contributed by atoms with Gasteiger partial charge in [0.15, 0.2) is 0 Å². The topological polar surface area (TPSA) is 57.0 Å². The van der Waals surface area contributed by atoms with Gasteiger partial charge in [0, 0.05) is 18.8 Å². The number of aryl methyl sites for hydroxylation is 2. The summed E-state index contributed by atoms with van der Waals surface area (Å²) in [7, 11) is 1.76. The largest absolute Gasteiger partial charge is 0.438 e. The van der Waals surface area contributed by atoms with Crippen LogP contribution in [0.4, 0.5) is 0 Å². The lowest BCUT2D eigenvalue weighted by molar-refractivity contribution is 0.470. The Morgan fingerprint density at radius 2 is 1.96 bits per heavy atom. The molecule has 0 saturated heterocycles. The van der Waals surface area contributed by atoms with Gasteiger partial charge in [0.2, 0.25) is 5.88 Å². The second kappa shape index (κ2) is 6.38. The van der Waals surface area contributed by atoms with Crippen molar-refractivity contribution >= 4 is 21.4 Å². The Kier molecular flexibility index (Phi) is 4.05. The Bertz CT molecular complexity index is 1180. The van der Waals surface area contributed by atoms with Crippen molar-refractivity contribution in [3.8, 4) is 22.9 Å². The zero-order chi connectivity index (χ0) is 18.3. The third kappa shape index (κ3) is 2.78. The van der Waals surface area contributed by atoms with Gasteiger partial charge in [0.05, 0.1) is 22.3 Å². The van der Waals surface area contributed by atoms with Gasteiger partial charge in [-0.1, -0.05) is 0 Å². The minimum atomic E-state index is -0.126. The van der Waals surface area contributed by atoms with Crippen LogP contribution in [0.25, 0.3) is 21.3 Å². The smallest absolute Gasteiger partial charge is 0.269 e. The van der Waals surface area contributed by atoms with Crippen LogP contribution in [0.3, 0.4) is 0 Å². The normalized spacial score (nSPS) is 11.0. The molecule has 0 bridgehead atoms. The molecule has 0 unspecified atom stereocenters. The Morgan fingerprint density at radius 3 is 2.77 bits per heavy atom. The van der Waals surface area contributed by atoms with Gasteiger partial charge >= 0.3 is 0 Å². The average Bonchev–Trinajstić information content (AvgIpc) is 3.10. The lowest BCUT2D eigenvalue weighted by Gasteiger charge is -2.14. The number of nitrogens with zero attached hydrogens (tertiary/aromatic N) is 3. The predicted molar refractivity (Wildman–Crippen MR) is 104 cm³/mol. The summed E-state index contributed by atoms with van der Waals surface area (Å²) in [6.07, 6.45) is 3.10. The highest BCUT2D eigenvalue weighted by Gasteiger charge is 2.13. The van der Waals surface area contributed by atoms with Crippen LogP contribution >= 0.6 is 11.3 Å². The summed E-state index contributed by atoms with van der Waals surface area (Å²) in [5, 5.41) is 3.15. The maximum atomic E-state index is 12.0. The highest BCUT2D eigenvalue weighted by molar-refractivity contribution is 7.17. The molecule has 0 spiro atoms. The molecule has 0 aliphatic rings. The van der Waals surface area contributed by atoms with Crippen molar-refractivity contribution in [2.24, 2.45) is 7.05 Å². The standard InChI is InChI=1S/C20H17N3O2S/c1-12-10-15(25-20-19-14(6-8-21-20)7-9-26-19)4-5-16(12)18-13(2)22-11-17(24)23(18)3/h4-11H,1-3H3. The summed E-state index contributed by atoms with van der Waals surface area (Å²) in [6.45, 7) is 3.90. The fourth-order valence-corrected chi connectivity index (χ4v) is 3.86. The number of ether oxygens (including phenoxy) is 1. The van der Waals surface area contributed by atoms with Gasteiger partial charge in [0.1, 0.15) is 5.75 Å². The van der Waals surface area contributed by atoms with E-state index in [0.717, 1.165) is 32.6 Å².